The molecular weight excluding hydrogens is 322 g/mol. The van der Waals surface area contributed by atoms with Gasteiger partial charge in [-0.25, -0.2) is 9.78 Å². The van der Waals surface area contributed by atoms with Crippen LogP contribution < -0.4 is 10.6 Å². The fraction of sp³-hybridized carbons (Fsp3) is 0.235. The summed E-state index contributed by atoms with van der Waals surface area (Å²) in [6, 6.07) is 9.38. The number of benzene rings is 1. The van der Waals surface area contributed by atoms with Crippen molar-refractivity contribution in [3.8, 4) is 0 Å². The number of aryl methyl sites for hydroxylation is 2. The van der Waals surface area contributed by atoms with E-state index in [4.69, 9.17) is 0 Å². The van der Waals surface area contributed by atoms with Gasteiger partial charge < -0.3 is 10.6 Å². The Morgan fingerprint density at radius 1 is 1.25 bits per heavy atom. The van der Waals surface area contributed by atoms with E-state index in [1.165, 1.54) is 4.88 Å². The van der Waals surface area contributed by atoms with Crippen molar-refractivity contribution >= 4 is 23.1 Å². The highest BCUT2D eigenvalue weighted by Crippen LogP contribution is 2.16. The summed E-state index contributed by atoms with van der Waals surface area (Å²) in [5.74, 6) is 0. The van der Waals surface area contributed by atoms with E-state index in [1.54, 1.807) is 17.5 Å². The molecule has 3 rings (SSSR count). The van der Waals surface area contributed by atoms with Gasteiger partial charge in [0.05, 0.1) is 18.8 Å². The number of carbonyl (C=O) groups excluding carboxylic acids is 1. The molecule has 0 aliphatic rings. The fourth-order valence-corrected chi connectivity index (χ4v) is 3.09. The summed E-state index contributed by atoms with van der Waals surface area (Å²) in [6.07, 6.45) is 3.67. The molecular formula is C17H19N5OS. The molecule has 7 heteroatoms. The lowest BCUT2D eigenvalue weighted by Gasteiger charge is -2.08. The molecule has 0 fully saturated rings. The van der Waals surface area contributed by atoms with E-state index in [9.17, 15) is 4.79 Å². The van der Waals surface area contributed by atoms with E-state index in [-0.39, 0.29) is 6.03 Å². The summed E-state index contributed by atoms with van der Waals surface area (Å²) in [5, 5.41) is 10.7. The lowest BCUT2D eigenvalue weighted by molar-refractivity contribution is 0.251. The summed E-state index contributed by atoms with van der Waals surface area (Å²) in [7, 11) is 0. The van der Waals surface area contributed by atoms with Crippen LogP contribution in [0.2, 0.25) is 0 Å². The highest BCUT2D eigenvalue weighted by atomic mass is 32.1. The normalized spacial score (nSPS) is 10.6. The van der Waals surface area contributed by atoms with Gasteiger partial charge in [-0.05, 0) is 37.6 Å². The second-order valence-corrected chi connectivity index (χ2v) is 6.75. The third-order valence-electron chi connectivity index (χ3n) is 3.59. The van der Waals surface area contributed by atoms with E-state index in [2.05, 4.69) is 20.7 Å². The first kappa shape index (κ1) is 16.2. The van der Waals surface area contributed by atoms with Gasteiger partial charge in [-0.3, -0.25) is 4.68 Å². The second-order valence-electron chi connectivity index (χ2n) is 5.46. The second kappa shape index (κ2) is 7.27. The summed E-state index contributed by atoms with van der Waals surface area (Å²) >= 11 is 1.60. The zero-order chi connectivity index (χ0) is 16.9. The number of hydrogen-bond donors (Lipinski definition) is 2. The number of rotatable bonds is 5. The van der Waals surface area contributed by atoms with Crippen molar-refractivity contribution in [3.05, 3.63) is 63.9 Å². The van der Waals surface area contributed by atoms with E-state index in [0.29, 0.717) is 13.1 Å². The van der Waals surface area contributed by atoms with Crippen LogP contribution in [0.5, 0.6) is 0 Å². The molecule has 0 saturated carbocycles. The lowest BCUT2D eigenvalue weighted by atomic mass is 10.2. The molecule has 0 spiro atoms. The van der Waals surface area contributed by atoms with Crippen LogP contribution in [0.4, 0.5) is 10.5 Å². The predicted molar refractivity (Wildman–Crippen MR) is 95.2 cm³/mol. The van der Waals surface area contributed by atoms with Gasteiger partial charge in [0.15, 0.2) is 0 Å². The van der Waals surface area contributed by atoms with Crippen molar-refractivity contribution in [1.82, 2.24) is 20.1 Å². The third kappa shape index (κ3) is 4.20. The topological polar surface area (TPSA) is 71.8 Å². The molecule has 2 amide bonds. The molecule has 0 atom stereocenters. The van der Waals surface area contributed by atoms with E-state index in [0.717, 1.165) is 22.0 Å². The Labute approximate surface area is 144 Å². The highest BCUT2D eigenvalue weighted by molar-refractivity contribution is 7.11. The highest BCUT2D eigenvalue weighted by Gasteiger charge is 2.06. The molecule has 2 N–H and O–H groups in total. The largest absolute Gasteiger partial charge is 0.331 e. The first-order chi connectivity index (χ1) is 11.6. The van der Waals surface area contributed by atoms with E-state index in [1.807, 2.05) is 55.1 Å². The summed E-state index contributed by atoms with van der Waals surface area (Å²) < 4.78 is 1.85. The Kier molecular flexibility index (Phi) is 4.90. The van der Waals surface area contributed by atoms with E-state index < -0.39 is 0 Å². The van der Waals surface area contributed by atoms with Gasteiger partial charge >= 0.3 is 6.03 Å². The Morgan fingerprint density at radius 3 is 2.67 bits per heavy atom. The molecule has 2 heterocycles. The summed E-state index contributed by atoms with van der Waals surface area (Å²) in [4.78, 5) is 17.5. The molecule has 6 nitrogen and oxygen atoms in total. The van der Waals surface area contributed by atoms with Crippen LogP contribution >= 0.6 is 11.3 Å². The molecule has 124 valence electrons. The van der Waals surface area contributed by atoms with Gasteiger partial charge in [0.2, 0.25) is 0 Å². The first-order valence-corrected chi connectivity index (χ1v) is 8.46. The molecule has 24 heavy (non-hydrogen) atoms. The van der Waals surface area contributed by atoms with Crippen LogP contribution in [0.25, 0.3) is 0 Å². The number of amides is 2. The quantitative estimate of drug-likeness (QED) is 0.748. The number of anilines is 1. The molecule has 2 aromatic heterocycles. The van der Waals surface area contributed by atoms with Crippen molar-refractivity contribution in [1.29, 1.82) is 0 Å². The van der Waals surface area contributed by atoms with Crippen LogP contribution in [-0.4, -0.2) is 20.8 Å². The van der Waals surface area contributed by atoms with Crippen LogP contribution in [0.3, 0.4) is 0 Å². The molecule has 1 aromatic carbocycles. The molecule has 0 bridgehead atoms. The minimum Gasteiger partial charge on any atom is -0.331 e. The van der Waals surface area contributed by atoms with Gasteiger partial charge in [0, 0.05) is 23.0 Å². The molecule has 0 unspecified atom stereocenters. The fourth-order valence-electron chi connectivity index (χ4n) is 2.22. The molecule has 0 saturated heterocycles. The lowest BCUT2D eigenvalue weighted by Crippen LogP contribution is -2.28. The minimum atomic E-state index is -0.236. The van der Waals surface area contributed by atoms with Crippen molar-refractivity contribution in [2.75, 3.05) is 5.32 Å². The van der Waals surface area contributed by atoms with Gasteiger partial charge in [-0.1, -0.05) is 12.1 Å². The Bertz CT molecular complexity index is 789. The maximum Gasteiger partial charge on any atom is 0.319 e. The zero-order valence-corrected chi connectivity index (χ0v) is 14.4. The van der Waals surface area contributed by atoms with Crippen molar-refractivity contribution < 1.29 is 4.79 Å². The average molecular weight is 341 g/mol. The van der Waals surface area contributed by atoms with Gasteiger partial charge in [0.25, 0.3) is 0 Å². The smallest absolute Gasteiger partial charge is 0.319 e. The van der Waals surface area contributed by atoms with Gasteiger partial charge in [0.1, 0.15) is 5.01 Å². The predicted octanol–water partition coefficient (Wildman–Crippen LogP) is 3.33. The summed E-state index contributed by atoms with van der Waals surface area (Å²) in [6.45, 7) is 5.15. The van der Waals surface area contributed by atoms with Gasteiger partial charge in [-0.15, -0.1) is 11.3 Å². The maximum atomic E-state index is 12.0. The number of carbonyl (C=O) groups is 1. The standard InChI is InChI=1S/C17H19N5OS/c1-12-13(2)24-16(20-12)10-18-17(23)21-15-6-4-14(5-7-15)11-22-9-3-8-19-22/h3-9H,10-11H2,1-2H3,(H2,18,21,23). The zero-order valence-electron chi connectivity index (χ0n) is 13.6. The number of aromatic nitrogens is 3. The maximum absolute atomic E-state index is 12.0. The molecule has 0 aliphatic carbocycles. The van der Waals surface area contributed by atoms with Crippen molar-refractivity contribution in [3.63, 3.8) is 0 Å². The first-order valence-electron chi connectivity index (χ1n) is 7.64. The van der Waals surface area contributed by atoms with Crippen LogP contribution in [0.1, 0.15) is 21.1 Å². The summed E-state index contributed by atoms with van der Waals surface area (Å²) in [5.41, 5.74) is 2.89. The minimum absolute atomic E-state index is 0.236. The van der Waals surface area contributed by atoms with Crippen LogP contribution in [-0.2, 0) is 13.1 Å². The number of nitrogens with one attached hydrogen (secondary N) is 2. The molecule has 3 aromatic rings. The average Bonchev–Trinajstić information content (AvgIpc) is 3.18. The van der Waals surface area contributed by atoms with E-state index >= 15 is 0 Å². The van der Waals surface area contributed by atoms with Crippen molar-refractivity contribution in [2.24, 2.45) is 0 Å². The molecule has 0 aliphatic heterocycles. The Balaban J connectivity index is 1.50. The Hall–Kier alpha value is -2.67. The number of hydrogen-bond acceptors (Lipinski definition) is 4. The van der Waals surface area contributed by atoms with Crippen molar-refractivity contribution in [2.45, 2.75) is 26.9 Å². The number of nitrogens with zero attached hydrogens (tertiary/aromatic N) is 3. The SMILES string of the molecule is Cc1nc(CNC(=O)Nc2ccc(Cn3cccn3)cc2)sc1C. The van der Waals surface area contributed by atoms with Crippen LogP contribution in [0, 0.1) is 13.8 Å². The molecule has 0 radical (unpaired) electrons. The van der Waals surface area contributed by atoms with Gasteiger partial charge in [-0.2, -0.15) is 5.10 Å². The van der Waals surface area contributed by atoms with Crippen LogP contribution in [0.15, 0.2) is 42.7 Å². The monoisotopic (exact) mass is 341 g/mol. The third-order valence-corrected chi connectivity index (χ3v) is 4.66. The number of thiazole rings is 1. The number of urea groups is 1. The Morgan fingerprint density at radius 2 is 2.04 bits per heavy atom.